The first-order valence-electron chi connectivity index (χ1n) is 5.11. The summed E-state index contributed by atoms with van der Waals surface area (Å²) < 4.78 is 22.4. The lowest BCUT2D eigenvalue weighted by atomic mass is 9.93. The van der Waals surface area contributed by atoms with Gasteiger partial charge in [-0.1, -0.05) is 0 Å². The van der Waals surface area contributed by atoms with E-state index in [-0.39, 0.29) is 0 Å². The van der Waals surface area contributed by atoms with E-state index in [9.17, 15) is 8.42 Å². The van der Waals surface area contributed by atoms with Gasteiger partial charge >= 0.3 is 0 Å². The van der Waals surface area contributed by atoms with Gasteiger partial charge in [0.2, 0.25) is 0 Å². The summed E-state index contributed by atoms with van der Waals surface area (Å²) in [4.78, 5) is 0. The maximum Gasteiger partial charge on any atom is 0.150 e. The second-order valence-electron chi connectivity index (χ2n) is 4.19. The van der Waals surface area contributed by atoms with Crippen molar-refractivity contribution in [3.05, 3.63) is 0 Å². The average molecular weight is 203 g/mol. The Morgan fingerprint density at radius 1 is 1.08 bits per heavy atom. The van der Waals surface area contributed by atoms with E-state index in [1.807, 2.05) is 0 Å². The molecular weight excluding hydrogens is 186 g/mol. The Morgan fingerprint density at radius 2 is 1.77 bits per heavy atom. The van der Waals surface area contributed by atoms with E-state index in [1.165, 1.54) is 12.8 Å². The minimum atomic E-state index is -2.67. The summed E-state index contributed by atoms with van der Waals surface area (Å²) in [5.41, 5.74) is 0. The number of sulfone groups is 1. The SMILES string of the molecule is O=S1(=O)CCC(C2CCCN2)CC1. The molecule has 2 rings (SSSR count). The van der Waals surface area contributed by atoms with Gasteiger partial charge < -0.3 is 5.32 Å². The number of rotatable bonds is 1. The highest BCUT2D eigenvalue weighted by atomic mass is 32.2. The minimum absolute atomic E-state index is 0.413. The van der Waals surface area contributed by atoms with Crippen molar-refractivity contribution in [2.75, 3.05) is 18.1 Å². The Bertz CT molecular complexity index is 253. The van der Waals surface area contributed by atoms with E-state index in [0.29, 0.717) is 23.5 Å². The van der Waals surface area contributed by atoms with E-state index >= 15 is 0 Å². The third-order valence-corrected chi connectivity index (χ3v) is 4.98. The molecule has 2 saturated heterocycles. The van der Waals surface area contributed by atoms with Gasteiger partial charge in [0, 0.05) is 6.04 Å². The largest absolute Gasteiger partial charge is 0.314 e. The summed E-state index contributed by atoms with van der Waals surface area (Å²) in [7, 11) is -2.67. The van der Waals surface area contributed by atoms with Crippen molar-refractivity contribution in [1.29, 1.82) is 0 Å². The normalized spacial score (nSPS) is 34.9. The number of hydrogen-bond donors (Lipinski definition) is 1. The monoisotopic (exact) mass is 203 g/mol. The standard InChI is InChI=1S/C9H17NO2S/c11-13(12)6-3-8(4-7-13)9-2-1-5-10-9/h8-10H,1-7H2. The number of hydrogen-bond acceptors (Lipinski definition) is 3. The second kappa shape index (κ2) is 3.58. The van der Waals surface area contributed by atoms with Crippen LogP contribution in [-0.4, -0.2) is 32.5 Å². The highest BCUT2D eigenvalue weighted by Gasteiger charge is 2.30. The molecule has 0 saturated carbocycles. The lowest BCUT2D eigenvalue weighted by molar-refractivity contribution is 0.358. The van der Waals surface area contributed by atoms with E-state index in [4.69, 9.17) is 0 Å². The molecule has 0 amide bonds. The molecule has 1 unspecified atom stereocenters. The molecule has 4 heteroatoms. The quantitative estimate of drug-likeness (QED) is 0.677. The molecule has 0 bridgehead atoms. The predicted octanol–water partition coefficient (Wildman–Crippen LogP) is 0.563. The molecule has 0 spiro atoms. The van der Waals surface area contributed by atoms with Crippen LogP contribution in [0.25, 0.3) is 0 Å². The first-order chi connectivity index (χ1) is 6.17. The van der Waals surface area contributed by atoms with Gasteiger partial charge in [-0.2, -0.15) is 0 Å². The predicted molar refractivity (Wildman–Crippen MR) is 52.4 cm³/mol. The summed E-state index contributed by atoms with van der Waals surface area (Å²) in [6.45, 7) is 1.12. The van der Waals surface area contributed by atoms with E-state index < -0.39 is 9.84 Å². The summed E-state index contributed by atoms with van der Waals surface area (Å²) in [6, 6.07) is 0.607. The first kappa shape index (κ1) is 9.46. The zero-order chi connectivity index (χ0) is 9.31. The Labute approximate surface area is 79.8 Å². The van der Waals surface area contributed by atoms with Crippen LogP contribution in [0.5, 0.6) is 0 Å². The van der Waals surface area contributed by atoms with Crippen molar-refractivity contribution in [2.24, 2.45) is 5.92 Å². The smallest absolute Gasteiger partial charge is 0.150 e. The van der Waals surface area contributed by atoms with Gasteiger partial charge in [0.05, 0.1) is 11.5 Å². The van der Waals surface area contributed by atoms with Crippen molar-refractivity contribution < 1.29 is 8.42 Å². The lowest BCUT2D eigenvalue weighted by Gasteiger charge is -2.27. The van der Waals surface area contributed by atoms with Gasteiger partial charge in [-0.3, -0.25) is 0 Å². The Hall–Kier alpha value is -0.0900. The fraction of sp³-hybridized carbons (Fsp3) is 1.00. The zero-order valence-corrected chi connectivity index (χ0v) is 8.65. The van der Waals surface area contributed by atoms with Crippen LogP contribution in [-0.2, 0) is 9.84 Å². The van der Waals surface area contributed by atoms with Crippen molar-refractivity contribution in [3.63, 3.8) is 0 Å². The summed E-state index contributed by atoms with van der Waals surface area (Å²) in [5.74, 6) is 1.44. The second-order valence-corrected chi connectivity index (χ2v) is 6.50. The molecule has 1 atom stereocenters. The van der Waals surface area contributed by atoms with Crippen molar-refractivity contribution in [3.8, 4) is 0 Å². The van der Waals surface area contributed by atoms with E-state index in [2.05, 4.69) is 5.32 Å². The maximum atomic E-state index is 11.2. The van der Waals surface area contributed by atoms with Crippen LogP contribution in [0.4, 0.5) is 0 Å². The third kappa shape index (κ3) is 2.23. The van der Waals surface area contributed by atoms with Crippen molar-refractivity contribution >= 4 is 9.84 Å². The Morgan fingerprint density at radius 3 is 2.31 bits per heavy atom. The van der Waals surface area contributed by atoms with Crippen LogP contribution < -0.4 is 5.32 Å². The van der Waals surface area contributed by atoms with Crippen LogP contribution >= 0.6 is 0 Å². The molecule has 13 heavy (non-hydrogen) atoms. The Balaban J connectivity index is 1.90. The fourth-order valence-electron chi connectivity index (χ4n) is 2.42. The third-order valence-electron chi connectivity index (χ3n) is 3.27. The molecule has 1 N–H and O–H groups in total. The molecule has 2 aliphatic rings. The summed E-state index contributed by atoms with van der Waals surface area (Å²) in [6.07, 6.45) is 4.25. The van der Waals surface area contributed by atoms with E-state index in [1.54, 1.807) is 0 Å². The van der Waals surface area contributed by atoms with Crippen LogP contribution in [0.2, 0.25) is 0 Å². The fourth-order valence-corrected chi connectivity index (χ4v) is 3.95. The van der Waals surface area contributed by atoms with Gasteiger partial charge in [-0.25, -0.2) is 8.42 Å². The highest BCUT2D eigenvalue weighted by Crippen LogP contribution is 2.26. The van der Waals surface area contributed by atoms with Crippen LogP contribution in [0.15, 0.2) is 0 Å². The molecule has 0 aliphatic carbocycles. The van der Waals surface area contributed by atoms with Crippen molar-refractivity contribution in [1.82, 2.24) is 5.32 Å². The summed E-state index contributed by atoms with van der Waals surface area (Å²) >= 11 is 0. The van der Waals surface area contributed by atoms with Gasteiger partial charge in [-0.05, 0) is 38.1 Å². The molecule has 0 radical (unpaired) electrons. The van der Waals surface area contributed by atoms with Gasteiger partial charge in [0.1, 0.15) is 9.84 Å². The van der Waals surface area contributed by atoms with Gasteiger partial charge in [0.25, 0.3) is 0 Å². The van der Waals surface area contributed by atoms with Crippen LogP contribution in [0, 0.1) is 5.92 Å². The minimum Gasteiger partial charge on any atom is -0.314 e. The molecule has 2 aliphatic heterocycles. The first-order valence-corrected chi connectivity index (χ1v) is 6.93. The van der Waals surface area contributed by atoms with Gasteiger partial charge in [0.15, 0.2) is 0 Å². The van der Waals surface area contributed by atoms with Gasteiger partial charge in [-0.15, -0.1) is 0 Å². The molecule has 0 aromatic rings. The van der Waals surface area contributed by atoms with Crippen molar-refractivity contribution in [2.45, 2.75) is 31.7 Å². The topological polar surface area (TPSA) is 46.2 Å². The number of nitrogens with one attached hydrogen (secondary N) is 1. The molecular formula is C9H17NO2S. The molecule has 3 nitrogen and oxygen atoms in total. The van der Waals surface area contributed by atoms with Crippen LogP contribution in [0.3, 0.4) is 0 Å². The molecule has 76 valence electrons. The maximum absolute atomic E-state index is 11.2. The molecule has 2 fully saturated rings. The van der Waals surface area contributed by atoms with Crippen LogP contribution in [0.1, 0.15) is 25.7 Å². The Kier molecular flexibility index (Phi) is 2.60. The molecule has 0 aromatic carbocycles. The average Bonchev–Trinajstić information content (AvgIpc) is 2.56. The highest BCUT2D eigenvalue weighted by molar-refractivity contribution is 7.91. The lowest BCUT2D eigenvalue weighted by Crippen LogP contribution is -2.36. The zero-order valence-electron chi connectivity index (χ0n) is 7.83. The van der Waals surface area contributed by atoms with E-state index in [0.717, 1.165) is 19.4 Å². The molecule has 2 heterocycles. The molecule has 0 aromatic heterocycles. The summed E-state index contributed by atoms with van der Waals surface area (Å²) in [5, 5.41) is 3.46.